The first-order valence-corrected chi connectivity index (χ1v) is 6.15. The van der Waals surface area contributed by atoms with E-state index in [0.29, 0.717) is 12.2 Å². The molecule has 0 aliphatic carbocycles. The highest BCUT2D eigenvalue weighted by atomic mass is 16.2. The summed E-state index contributed by atoms with van der Waals surface area (Å²) in [5, 5.41) is 15.4. The van der Waals surface area contributed by atoms with Gasteiger partial charge < -0.3 is 10.4 Å². The number of carbonyl (C=O) groups excluding carboxylic acids is 1. The highest BCUT2D eigenvalue weighted by Gasteiger charge is 2.08. The Morgan fingerprint density at radius 2 is 2.10 bits per heavy atom. The molecule has 0 saturated carbocycles. The lowest BCUT2D eigenvalue weighted by Crippen LogP contribution is -2.25. The van der Waals surface area contributed by atoms with Gasteiger partial charge in [0.2, 0.25) is 0 Å². The van der Waals surface area contributed by atoms with Crippen molar-refractivity contribution in [2.75, 3.05) is 6.61 Å². The van der Waals surface area contributed by atoms with Gasteiger partial charge in [-0.05, 0) is 23.8 Å². The first-order chi connectivity index (χ1) is 9.70. The third kappa shape index (κ3) is 3.46. The van der Waals surface area contributed by atoms with E-state index in [1.54, 1.807) is 19.3 Å². The minimum absolute atomic E-state index is 0.150. The van der Waals surface area contributed by atoms with Crippen LogP contribution in [0.2, 0.25) is 0 Å². The topological polar surface area (TPSA) is 67.2 Å². The Bertz CT molecular complexity index is 648. The first kappa shape index (κ1) is 13.8. The van der Waals surface area contributed by atoms with Crippen molar-refractivity contribution in [3.63, 3.8) is 0 Å². The van der Waals surface area contributed by atoms with Gasteiger partial charge in [0, 0.05) is 25.4 Å². The molecule has 5 heteroatoms. The SMILES string of the molecule is Cn1nccc1C(=O)NCc1ccc(C#CCO)cc1. The zero-order chi connectivity index (χ0) is 14.4. The number of amides is 1. The van der Waals surface area contributed by atoms with E-state index < -0.39 is 0 Å². The van der Waals surface area contributed by atoms with E-state index >= 15 is 0 Å². The molecule has 5 nitrogen and oxygen atoms in total. The summed E-state index contributed by atoms with van der Waals surface area (Å²) in [7, 11) is 1.73. The molecule has 1 aromatic heterocycles. The van der Waals surface area contributed by atoms with Crippen LogP contribution in [0.15, 0.2) is 36.5 Å². The third-order valence-electron chi connectivity index (χ3n) is 2.77. The molecule has 1 amide bonds. The van der Waals surface area contributed by atoms with E-state index in [1.165, 1.54) is 4.68 Å². The highest BCUT2D eigenvalue weighted by molar-refractivity contribution is 5.92. The minimum atomic E-state index is -0.158. The molecule has 1 aromatic carbocycles. The van der Waals surface area contributed by atoms with E-state index in [9.17, 15) is 4.79 Å². The lowest BCUT2D eigenvalue weighted by molar-refractivity contribution is 0.0941. The van der Waals surface area contributed by atoms with E-state index in [4.69, 9.17) is 5.11 Å². The molecular weight excluding hydrogens is 254 g/mol. The van der Waals surface area contributed by atoms with Gasteiger partial charge in [-0.1, -0.05) is 24.0 Å². The molecule has 0 spiro atoms. The quantitative estimate of drug-likeness (QED) is 0.806. The number of nitrogens with one attached hydrogen (secondary N) is 1. The number of aliphatic hydroxyl groups excluding tert-OH is 1. The Balaban J connectivity index is 1.94. The molecule has 20 heavy (non-hydrogen) atoms. The maximum absolute atomic E-state index is 11.9. The summed E-state index contributed by atoms with van der Waals surface area (Å²) in [4.78, 5) is 11.9. The molecule has 0 saturated heterocycles. The molecule has 1 heterocycles. The van der Waals surface area contributed by atoms with Gasteiger partial charge in [0.15, 0.2) is 0 Å². The summed E-state index contributed by atoms with van der Waals surface area (Å²) < 4.78 is 1.53. The predicted octanol–water partition coefficient (Wildman–Crippen LogP) is 0.694. The molecule has 0 bridgehead atoms. The number of hydrogen-bond acceptors (Lipinski definition) is 3. The van der Waals surface area contributed by atoms with Gasteiger partial charge in [0.25, 0.3) is 5.91 Å². The van der Waals surface area contributed by atoms with Crippen molar-refractivity contribution in [1.29, 1.82) is 0 Å². The second kappa shape index (κ2) is 6.55. The molecule has 0 atom stereocenters. The summed E-state index contributed by atoms with van der Waals surface area (Å²) in [5.74, 6) is 5.24. The normalized spacial score (nSPS) is 9.70. The van der Waals surface area contributed by atoms with Crippen molar-refractivity contribution >= 4 is 5.91 Å². The second-order valence-corrected chi connectivity index (χ2v) is 4.18. The minimum Gasteiger partial charge on any atom is -0.384 e. The van der Waals surface area contributed by atoms with Crippen LogP contribution in [0.25, 0.3) is 0 Å². The van der Waals surface area contributed by atoms with Gasteiger partial charge in [-0.2, -0.15) is 5.10 Å². The first-order valence-electron chi connectivity index (χ1n) is 6.15. The Morgan fingerprint density at radius 1 is 1.35 bits per heavy atom. The Kier molecular flexibility index (Phi) is 4.53. The zero-order valence-electron chi connectivity index (χ0n) is 11.1. The van der Waals surface area contributed by atoms with E-state index in [1.807, 2.05) is 24.3 Å². The van der Waals surface area contributed by atoms with Crippen molar-refractivity contribution in [1.82, 2.24) is 15.1 Å². The average molecular weight is 269 g/mol. The predicted molar refractivity (Wildman–Crippen MR) is 74.8 cm³/mol. The van der Waals surface area contributed by atoms with Gasteiger partial charge in [0.1, 0.15) is 12.3 Å². The van der Waals surface area contributed by atoms with Gasteiger partial charge in [0.05, 0.1) is 0 Å². The van der Waals surface area contributed by atoms with Crippen LogP contribution in [0.5, 0.6) is 0 Å². The summed E-state index contributed by atoms with van der Waals surface area (Å²) in [6.07, 6.45) is 1.59. The number of rotatable bonds is 3. The van der Waals surface area contributed by atoms with Crippen LogP contribution in [0.4, 0.5) is 0 Å². The van der Waals surface area contributed by atoms with Crippen molar-refractivity contribution < 1.29 is 9.90 Å². The summed E-state index contributed by atoms with van der Waals surface area (Å²) in [6.45, 7) is 0.292. The Morgan fingerprint density at radius 3 is 2.70 bits per heavy atom. The van der Waals surface area contributed by atoms with Crippen LogP contribution >= 0.6 is 0 Å². The fraction of sp³-hybridized carbons (Fsp3) is 0.200. The van der Waals surface area contributed by atoms with Gasteiger partial charge >= 0.3 is 0 Å². The fourth-order valence-electron chi connectivity index (χ4n) is 1.72. The van der Waals surface area contributed by atoms with Crippen LogP contribution in [0.3, 0.4) is 0 Å². The highest BCUT2D eigenvalue weighted by Crippen LogP contribution is 2.04. The number of hydrogen-bond donors (Lipinski definition) is 2. The van der Waals surface area contributed by atoms with Crippen molar-refractivity contribution in [2.45, 2.75) is 6.54 Å². The van der Waals surface area contributed by atoms with Gasteiger partial charge in [-0.25, -0.2) is 0 Å². The molecule has 2 rings (SSSR count). The molecule has 0 unspecified atom stereocenters. The van der Waals surface area contributed by atoms with Crippen LogP contribution in [-0.2, 0) is 13.6 Å². The number of aliphatic hydroxyl groups is 1. The van der Waals surface area contributed by atoms with E-state index in [2.05, 4.69) is 22.3 Å². The summed E-state index contributed by atoms with van der Waals surface area (Å²) in [5.41, 5.74) is 2.34. The number of aryl methyl sites for hydroxylation is 1. The summed E-state index contributed by atoms with van der Waals surface area (Å²) in [6, 6.07) is 9.17. The van der Waals surface area contributed by atoms with Crippen molar-refractivity contribution in [3.05, 3.63) is 53.3 Å². The van der Waals surface area contributed by atoms with Gasteiger partial charge in [-0.3, -0.25) is 9.48 Å². The fourth-order valence-corrected chi connectivity index (χ4v) is 1.72. The lowest BCUT2D eigenvalue weighted by Gasteiger charge is -2.05. The maximum atomic E-state index is 11.9. The third-order valence-corrected chi connectivity index (χ3v) is 2.77. The Hall–Kier alpha value is -2.58. The van der Waals surface area contributed by atoms with Crippen LogP contribution < -0.4 is 5.32 Å². The largest absolute Gasteiger partial charge is 0.384 e. The number of aromatic nitrogens is 2. The van der Waals surface area contributed by atoms with Crippen LogP contribution in [-0.4, -0.2) is 27.4 Å². The molecule has 0 aliphatic rings. The van der Waals surface area contributed by atoms with Crippen LogP contribution in [0, 0.1) is 11.8 Å². The molecular formula is C15H15N3O2. The van der Waals surface area contributed by atoms with E-state index in [0.717, 1.165) is 11.1 Å². The lowest BCUT2D eigenvalue weighted by atomic mass is 10.1. The number of carbonyl (C=O) groups is 1. The average Bonchev–Trinajstić information content (AvgIpc) is 2.90. The summed E-state index contributed by atoms with van der Waals surface area (Å²) >= 11 is 0. The number of benzene rings is 1. The molecule has 102 valence electrons. The smallest absolute Gasteiger partial charge is 0.269 e. The molecule has 0 aliphatic heterocycles. The maximum Gasteiger partial charge on any atom is 0.269 e. The molecule has 2 N–H and O–H groups in total. The zero-order valence-corrected chi connectivity index (χ0v) is 11.1. The van der Waals surface area contributed by atoms with Gasteiger partial charge in [-0.15, -0.1) is 0 Å². The molecule has 2 aromatic rings. The van der Waals surface area contributed by atoms with Crippen molar-refractivity contribution in [2.24, 2.45) is 7.05 Å². The molecule has 0 fully saturated rings. The van der Waals surface area contributed by atoms with E-state index in [-0.39, 0.29) is 12.5 Å². The molecule has 0 radical (unpaired) electrons. The van der Waals surface area contributed by atoms with Crippen LogP contribution in [0.1, 0.15) is 21.6 Å². The standard InChI is InChI=1S/C15H15N3O2/c1-18-14(8-9-17-18)15(20)16-11-13-6-4-12(5-7-13)3-2-10-19/h4-9,19H,10-11H2,1H3,(H,16,20). The monoisotopic (exact) mass is 269 g/mol. The number of nitrogens with zero attached hydrogens (tertiary/aromatic N) is 2. The second-order valence-electron chi connectivity index (χ2n) is 4.18. The Labute approximate surface area is 117 Å². The van der Waals surface area contributed by atoms with Crippen molar-refractivity contribution in [3.8, 4) is 11.8 Å².